The van der Waals surface area contributed by atoms with E-state index in [0.717, 1.165) is 31.4 Å². The molecule has 0 bridgehead atoms. The number of hydrogen-bond donors (Lipinski definition) is 2. The van der Waals surface area contributed by atoms with Crippen LogP contribution in [0.25, 0.3) is 5.69 Å². The highest BCUT2D eigenvalue weighted by atomic mass is 16.3. The van der Waals surface area contributed by atoms with Gasteiger partial charge in [0.15, 0.2) is 0 Å². The van der Waals surface area contributed by atoms with Gasteiger partial charge < -0.3 is 10.4 Å². The van der Waals surface area contributed by atoms with E-state index in [2.05, 4.69) is 15.6 Å². The fourth-order valence-electron chi connectivity index (χ4n) is 2.64. The first-order chi connectivity index (χ1) is 10.2. The number of aromatic nitrogens is 3. The minimum Gasteiger partial charge on any atom is -0.391 e. The van der Waals surface area contributed by atoms with Crippen molar-refractivity contribution in [3.63, 3.8) is 0 Å². The lowest BCUT2D eigenvalue weighted by atomic mass is 9.92. The largest absolute Gasteiger partial charge is 0.391 e. The molecule has 1 saturated carbocycles. The first kappa shape index (κ1) is 13.8. The third kappa shape index (κ3) is 3.11. The maximum absolute atomic E-state index is 12.2. The van der Waals surface area contributed by atoms with Gasteiger partial charge >= 0.3 is 0 Å². The van der Waals surface area contributed by atoms with Gasteiger partial charge in [-0.05, 0) is 37.1 Å². The summed E-state index contributed by atoms with van der Waals surface area (Å²) in [5, 5.41) is 20.5. The van der Waals surface area contributed by atoms with Gasteiger partial charge in [0.2, 0.25) is 0 Å². The van der Waals surface area contributed by atoms with Crippen molar-refractivity contribution in [3.8, 4) is 5.69 Å². The van der Waals surface area contributed by atoms with E-state index in [1.165, 1.54) is 0 Å². The summed E-state index contributed by atoms with van der Waals surface area (Å²) in [5.74, 6) is -0.147. The number of carbonyl (C=O) groups excluding carboxylic acids is 1. The average molecular weight is 286 g/mol. The number of hydrogen-bond acceptors (Lipinski definition) is 4. The standard InChI is InChI=1S/C15H18N4O2/c20-14-4-2-1-3-13(14)17-15(21)11-5-7-12(8-6-11)19-10-9-16-18-19/h5-10,13-14,20H,1-4H2,(H,17,21). The molecule has 21 heavy (non-hydrogen) atoms. The summed E-state index contributed by atoms with van der Waals surface area (Å²) < 4.78 is 1.63. The number of nitrogens with zero attached hydrogens (tertiary/aromatic N) is 3. The predicted molar refractivity (Wildman–Crippen MR) is 77.1 cm³/mol. The van der Waals surface area contributed by atoms with Crippen molar-refractivity contribution in [2.24, 2.45) is 0 Å². The van der Waals surface area contributed by atoms with E-state index >= 15 is 0 Å². The summed E-state index contributed by atoms with van der Waals surface area (Å²) in [5.41, 5.74) is 1.43. The van der Waals surface area contributed by atoms with E-state index in [-0.39, 0.29) is 11.9 Å². The first-order valence-electron chi connectivity index (χ1n) is 7.20. The van der Waals surface area contributed by atoms with Crippen LogP contribution in [-0.4, -0.2) is 38.2 Å². The molecule has 2 N–H and O–H groups in total. The van der Waals surface area contributed by atoms with Gasteiger partial charge in [0.25, 0.3) is 5.91 Å². The molecule has 1 aromatic carbocycles. The molecule has 6 nitrogen and oxygen atoms in total. The van der Waals surface area contributed by atoms with E-state index in [9.17, 15) is 9.90 Å². The fraction of sp³-hybridized carbons (Fsp3) is 0.400. The molecule has 0 aliphatic heterocycles. The molecule has 0 radical (unpaired) electrons. The zero-order chi connectivity index (χ0) is 14.7. The Morgan fingerprint density at radius 2 is 2.00 bits per heavy atom. The van der Waals surface area contributed by atoms with E-state index in [0.29, 0.717) is 5.56 Å². The van der Waals surface area contributed by atoms with Gasteiger partial charge in [0, 0.05) is 5.56 Å². The van der Waals surface area contributed by atoms with Crippen LogP contribution in [0.2, 0.25) is 0 Å². The summed E-state index contributed by atoms with van der Waals surface area (Å²) in [7, 11) is 0. The van der Waals surface area contributed by atoms with Crippen molar-refractivity contribution in [1.29, 1.82) is 0 Å². The fourth-order valence-corrected chi connectivity index (χ4v) is 2.64. The number of nitrogens with one attached hydrogen (secondary N) is 1. The second-order valence-corrected chi connectivity index (χ2v) is 5.33. The second-order valence-electron chi connectivity index (χ2n) is 5.33. The Morgan fingerprint density at radius 1 is 1.24 bits per heavy atom. The second kappa shape index (κ2) is 6.05. The van der Waals surface area contributed by atoms with Crippen LogP contribution in [0.5, 0.6) is 0 Å². The minimum absolute atomic E-state index is 0.138. The molecular weight excluding hydrogens is 268 g/mol. The SMILES string of the molecule is O=C(NC1CCCCC1O)c1ccc(-n2ccnn2)cc1. The van der Waals surface area contributed by atoms with Crippen LogP contribution in [0.3, 0.4) is 0 Å². The summed E-state index contributed by atoms with van der Waals surface area (Å²) >= 11 is 0. The molecule has 110 valence electrons. The van der Waals surface area contributed by atoms with Gasteiger partial charge in [-0.3, -0.25) is 4.79 Å². The van der Waals surface area contributed by atoms with E-state index in [4.69, 9.17) is 0 Å². The number of benzene rings is 1. The molecule has 0 saturated heterocycles. The number of carbonyl (C=O) groups is 1. The molecule has 2 unspecified atom stereocenters. The van der Waals surface area contributed by atoms with Crippen molar-refractivity contribution in [3.05, 3.63) is 42.2 Å². The van der Waals surface area contributed by atoms with Crippen LogP contribution in [0.4, 0.5) is 0 Å². The zero-order valence-electron chi connectivity index (χ0n) is 11.6. The monoisotopic (exact) mass is 286 g/mol. The molecule has 1 fully saturated rings. The van der Waals surface area contributed by atoms with Gasteiger partial charge in [0.05, 0.1) is 30.2 Å². The van der Waals surface area contributed by atoms with Crippen LogP contribution < -0.4 is 5.32 Å². The highest BCUT2D eigenvalue weighted by Gasteiger charge is 2.24. The van der Waals surface area contributed by atoms with E-state index in [1.54, 1.807) is 29.2 Å². The summed E-state index contributed by atoms with van der Waals surface area (Å²) in [4.78, 5) is 12.2. The Balaban J connectivity index is 1.67. The first-order valence-corrected chi connectivity index (χ1v) is 7.20. The Bertz CT molecular complexity index is 595. The normalized spacial score (nSPS) is 22.0. The van der Waals surface area contributed by atoms with Gasteiger partial charge in [-0.1, -0.05) is 18.1 Å². The van der Waals surface area contributed by atoms with E-state index < -0.39 is 6.10 Å². The lowest BCUT2D eigenvalue weighted by molar-refractivity contribution is 0.0717. The Kier molecular flexibility index (Phi) is 3.96. The maximum Gasteiger partial charge on any atom is 0.251 e. The van der Waals surface area contributed by atoms with Crippen LogP contribution in [-0.2, 0) is 0 Å². The topological polar surface area (TPSA) is 80.0 Å². The lowest BCUT2D eigenvalue weighted by Crippen LogP contribution is -2.45. The van der Waals surface area contributed by atoms with Gasteiger partial charge in [-0.2, -0.15) is 0 Å². The highest BCUT2D eigenvalue weighted by molar-refractivity contribution is 5.94. The highest BCUT2D eigenvalue weighted by Crippen LogP contribution is 2.19. The maximum atomic E-state index is 12.2. The van der Waals surface area contributed by atoms with E-state index in [1.807, 2.05) is 12.1 Å². The average Bonchev–Trinajstić information content (AvgIpc) is 3.04. The van der Waals surface area contributed by atoms with Crippen LogP contribution in [0.1, 0.15) is 36.0 Å². The minimum atomic E-state index is -0.433. The van der Waals surface area contributed by atoms with Crippen LogP contribution >= 0.6 is 0 Å². The van der Waals surface area contributed by atoms with Crippen LogP contribution in [0, 0.1) is 0 Å². The Hall–Kier alpha value is -2.21. The summed E-state index contributed by atoms with van der Waals surface area (Å²) in [6.07, 6.45) is 6.59. The summed E-state index contributed by atoms with van der Waals surface area (Å²) in [6, 6.07) is 7.01. The zero-order valence-corrected chi connectivity index (χ0v) is 11.6. The quantitative estimate of drug-likeness (QED) is 0.891. The smallest absolute Gasteiger partial charge is 0.251 e. The van der Waals surface area contributed by atoms with Crippen molar-refractivity contribution < 1.29 is 9.90 Å². The van der Waals surface area contributed by atoms with Gasteiger partial charge in [-0.15, -0.1) is 5.10 Å². The van der Waals surface area contributed by atoms with Crippen molar-refractivity contribution >= 4 is 5.91 Å². The van der Waals surface area contributed by atoms with Crippen molar-refractivity contribution in [1.82, 2.24) is 20.3 Å². The Morgan fingerprint density at radius 3 is 2.67 bits per heavy atom. The predicted octanol–water partition coefficient (Wildman–Crippen LogP) is 1.30. The lowest BCUT2D eigenvalue weighted by Gasteiger charge is -2.28. The molecular formula is C15H18N4O2. The molecule has 1 amide bonds. The molecule has 3 rings (SSSR count). The number of rotatable bonds is 3. The van der Waals surface area contributed by atoms with Crippen molar-refractivity contribution in [2.75, 3.05) is 0 Å². The van der Waals surface area contributed by atoms with Crippen LogP contribution in [0.15, 0.2) is 36.7 Å². The summed E-state index contributed by atoms with van der Waals surface area (Å²) in [6.45, 7) is 0. The molecule has 1 aromatic heterocycles. The van der Waals surface area contributed by atoms with Gasteiger partial charge in [0.1, 0.15) is 0 Å². The molecule has 1 aliphatic rings. The third-order valence-electron chi connectivity index (χ3n) is 3.86. The number of aliphatic hydroxyl groups excluding tert-OH is 1. The molecule has 1 heterocycles. The molecule has 1 aliphatic carbocycles. The molecule has 2 atom stereocenters. The Labute approximate surface area is 122 Å². The van der Waals surface area contributed by atoms with Gasteiger partial charge in [-0.25, -0.2) is 4.68 Å². The number of aliphatic hydroxyl groups is 1. The third-order valence-corrected chi connectivity index (χ3v) is 3.86. The van der Waals surface area contributed by atoms with Crippen molar-refractivity contribution in [2.45, 2.75) is 37.8 Å². The number of amides is 1. The molecule has 0 spiro atoms. The molecule has 2 aromatic rings. The molecule has 6 heteroatoms.